The molecular weight excluding hydrogens is 384 g/mol. The first-order valence-corrected chi connectivity index (χ1v) is 10.4. The van der Waals surface area contributed by atoms with Crippen molar-refractivity contribution in [3.8, 4) is 0 Å². The van der Waals surface area contributed by atoms with Crippen molar-refractivity contribution >= 4 is 29.3 Å². The number of nitrogens with zero attached hydrogens (tertiary/aromatic N) is 2. The van der Waals surface area contributed by atoms with Crippen molar-refractivity contribution in [2.45, 2.75) is 29.5 Å². The second-order valence-electron chi connectivity index (χ2n) is 6.85. The first-order valence-electron chi connectivity index (χ1n) is 9.56. The van der Waals surface area contributed by atoms with Crippen molar-refractivity contribution in [3.05, 3.63) is 78.4 Å². The Bertz CT molecular complexity index is 1000. The average molecular weight is 407 g/mol. The van der Waals surface area contributed by atoms with Crippen molar-refractivity contribution in [1.82, 2.24) is 14.9 Å². The molecule has 0 fully saturated rings. The van der Waals surface area contributed by atoms with E-state index in [-0.39, 0.29) is 18.2 Å². The number of thioether (sulfide) groups is 1. The normalized spacial score (nSPS) is 15.4. The monoisotopic (exact) mass is 406 g/mol. The lowest BCUT2D eigenvalue weighted by molar-refractivity contribution is -0.124. The summed E-state index contributed by atoms with van der Waals surface area (Å²) in [4.78, 5) is 30.0. The molecule has 29 heavy (non-hydrogen) atoms. The lowest BCUT2D eigenvalue weighted by Gasteiger charge is -2.23. The van der Waals surface area contributed by atoms with Gasteiger partial charge in [-0.15, -0.1) is 11.8 Å². The van der Waals surface area contributed by atoms with Crippen LogP contribution in [0.15, 0.2) is 71.9 Å². The van der Waals surface area contributed by atoms with Gasteiger partial charge in [-0.25, -0.2) is 4.98 Å². The van der Waals surface area contributed by atoms with Gasteiger partial charge in [-0.1, -0.05) is 42.5 Å². The maximum atomic E-state index is 12.3. The van der Waals surface area contributed by atoms with Crippen LogP contribution in [0.25, 0.3) is 0 Å². The molecule has 7 heteroatoms. The van der Waals surface area contributed by atoms with Crippen molar-refractivity contribution in [3.63, 3.8) is 0 Å². The number of fused-ring (bicyclic) bond motifs is 1. The zero-order valence-corrected chi connectivity index (χ0v) is 16.7. The highest BCUT2D eigenvalue weighted by Crippen LogP contribution is 2.36. The van der Waals surface area contributed by atoms with Crippen LogP contribution in [-0.2, 0) is 22.6 Å². The third-order valence-electron chi connectivity index (χ3n) is 4.75. The van der Waals surface area contributed by atoms with E-state index in [4.69, 9.17) is 0 Å². The molecule has 4 rings (SSSR count). The number of hydrogen-bond donors (Lipinski definition) is 2. The lowest BCUT2D eigenvalue weighted by Crippen LogP contribution is -2.35. The molecule has 1 unspecified atom stereocenters. The molecule has 0 bridgehead atoms. The number of imidazole rings is 1. The first kappa shape index (κ1) is 19.3. The Kier molecular flexibility index (Phi) is 5.95. The van der Waals surface area contributed by atoms with E-state index >= 15 is 0 Å². The molecule has 2 N–H and O–H groups in total. The summed E-state index contributed by atoms with van der Waals surface area (Å²) in [5, 5.41) is 5.38. The van der Waals surface area contributed by atoms with E-state index in [9.17, 15) is 9.59 Å². The van der Waals surface area contributed by atoms with E-state index in [0.717, 1.165) is 23.0 Å². The summed E-state index contributed by atoms with van der Waals surface area (Å²) in [6.07, 6.45) is 4.52. The van der Waals surface area contributed by atoms with Crippen LogP contribution >= 0.6 is 11.8 Å². The Balaban J connectivity index is 1.27. The fourth-order valence-corrected chi connectivity index (χ4v) is 4.38. The summed E-state index contributed by atoms with van der Waals surface area (Å²) < 4.78 is 2.09. The van der Waals surface area contributed by atoms with Gasteiger partial charge >= 0.3 is 0 Å². The number of anilines is 1. The van der Waals surface area contributed by atoms with Gasteiger partial charge in [0.15, 0.2) is 0 Å². The Morgan fingerprint density at radius 2 is 1.93 bits per heavy atom. The quantitative estimate of drug-likeness (QED) is 0.632. The van der Waals surface area contributed by atoms with Crippen LogP contribution in [0, 0.1) is 0 Å². The lowest BCUT2D eigenvalue weighted by atomic mass is 10.2. The summed E-state index contributed by atoms with van der Waals surface area (Å²) >= 11 is 1.44. The van der Waals surface area contributed by atoms with Gasteiger partial charge in [0.25, 0.3) is 0 Å². The molecule has 0 radical (unpaired) electrons. The number of amides is 2. The molecule has 1 aliphatic rings. The third kappa shape index (κ3) is 4.86. The van der Waals surface area contributed by atoms with Crippen LogP contribution in [0.2, 0.25) is 0 Å². The largest absolute Gasteiger partial charge is 0.356 e. The van der Waals surface area contributed by atoms with E-state index < -0.39 is 5.25 Å². The minimum absolute atomic E-state index is 0.123. The van der Waals surface area contributed by atoms with E-state index in [1.165, 1.54) is 17.3 Å². The first-order chi connectivity index (χ1) is 14.2. The number of hydrogen-bond acceptors (Lipinski definition) is 4. The van der Waals surface area contributed by atoms with E-state index in [2.05, 4.69) is 32.3 Å². The smallest absolute Gasteiger partial charge is 0.238 e. The number of carbonyl (C=O) groups excluding carboxylic acids is 2. The fraction of sp³-hybridized carbons (Fsp3) is 0.227. The van der Waals surface area contributed by atoms with Gasteiger partial charge in [0.05, 0.1) is 10.9 Å². The van der Waals surface area contributed by atoms with Crippen molar-refractivity contribution in [2.75, 3.05) is 11.9 Å². The molecule has 0 saturated carbocycles. The second kappa shape index (κ2) is 8.96. The summed E-state index contributed by atoms with van der Waals surface area (Å²) in [6, 6.07) is 17.8. The minimum Gasteiger partial charge on any atom is -0.356 e. The molecule has 0 aliphatic carbocycles. The van der Waals surface area contributed by atoms with Crippen LogP contribution in [-0.4, -0.2) is 33.2 Å². The van der Waals surface area contributed by atoms with Gasteiger partial charge in [-0.05, 0) is 17.7 Å². The summed E-state index contributed by atoms with van der Waals surface area (Å²) in [5.41, 5.74) is 2.01. The van der Waals surface area contributed by atoms with Gasteiger partial charge in [0, 0.05) is 43.2 Å². The van der Waals surface area contributed by atoms with Crippen molar-refractivity contribution in [1.29, 1.82) is 0 Å². The molecule has 3 aromatic rings. The van der Waals surface area contributed by atoms with Crippen LogP contribution < -0.4 is 10.6 Å². The third-order valence-corrected chi connectivity index (χ3v) is 6.02. The van der Waals surface area contributed by atoms with Gasteiger partial charge in [-0.3, -0.25) is 9.59 Å². The molecule has 1 aliphatic heterocycles. The Hall–Kier alpha value is -3.06. The van der Waals surface area contributed by atoms with Crippen molar-refractivity contribution < 1.29 is 9.59 Å². The second-order valence-corrected chi connectivity index (χ2v) is 8.10. The number of carbonyl (C=O) groups is 2. The number of rotatable bonds is 7. The highest BCUT2D eigenvalue weighted by atomic mass is 32.2. The molecule has 1 aromatic heterocycles. The predicted octanol–water partition coefficient (Wildman–Crippen LogP) is 3.09. The number of aromatic nitrogens is 2. The minimum atomic E-state index is -0.412. The highest BCUT2D eigenvalue weighted by Gasteiger charge is 2.28. The van der Waals surface area contributed by atoms with E-state index in [1.807, 2.05) is 48.7 Å². The number of para-hydroxylation sites is 1. The van der Waals surface area contributed by atoms with Gasteiger partial charge in [0.2, 0.25) is 11.8 Å². The Labute approximate surface area is 173 Å². The zero-order chi connectivity index (χ0) is 20.1. The SMILES string of the molecule is O=C(CC1Sc2ccccc2NC1=O)NCCc1nccn1Cc1ccccc1. The fourth-order valence-electron chi connectivity index (χ4n) is 3.27. The molecular formula is C22H22N4O2S. The predicted molar refractivity (Wildman–Crippen MR) is 114 cm³/mol. The molecule has 148 valence electrons. The van der Waals surface area contributed by atoms with E-state index in [1.54, 1.807) is 6.20 Å². The molecule has 1 atom stereocenters. The summed E-state index contributed by atoms with van der Waals surface area (Å²) in [7, 11) is 0. The number of benzene rings is 2. The van der Waals surface area contributed by atoms with E-state index in [0.29, 0.717) is 13.0 Å². The van der Waals surface area contributed by atoms with Crippen LogP contribution in [0.1, 0.15) is 17.8 Å². The standard InChI is InChI=1S/C22H22N4O2S/c27-21(14-19-22(28)25-17-8-4-5-9-18(17)29-19)24-11-10-20-23-12-13-26(20)15-16-6-2-1-3-7-16/h1-9,12-13,19H,10-11,14-15H2,(H,24,27)(H,25,28). The summed E-state index contributed by atoms with van der Waals surface area (Å²) in [6.45, 7) is 1.24. The Morgan fingerprint density at radius 3 is 2.79 bits per heavy atom. The molecule has 0 spiro atoms. The van der Waals surface area contributed by atoms with Crippen LogP contribution in [0.4, 0.5) is 5.69 Å². The van der Waals surface area contributed by atoms with Crippen molar-refractivity contribution in [2.24, 2.45) is 0 Å². The Morgan fingerprint density at radius 1 is 1.14 bits per heavy atom. The molecule has 6 nitrogen and oxygen atoms in total. The number of nitrogens with one attached hydrogen (secondary N) is 2. The molecule has 2 aromatic carbocycles. The molecule has 2 amide bonds. The van der Waals surface area contributed by atoms with Gasteiger partial charge in [0.1, 0.15) is 5.82 Å². The highest BCUT2D eigenvalue weighted by molar-refractivity contribution is 8.01. The topological polar surface area (TPSA) is 76.0 Å². The average Bonchev–Trinajstić information content (AvgIpc) is 3.16. The van der Waals surface area contributed by atoms with Gasteiger partial charge in [-0.2, -0.15) is 0 Å². The molecule has 2 heterocycles. The maximum Gasteiger partial charge on any atom is 0.238 e. The van der Waals surface area contributed by atoms with Crippen LogP contribution in [0.3, 0.4) is 0 Å². The zero-order valence-electron chi connectivity index (χ0n) is 15.9. The maximum absolute atomic E-state index is 12.3. The van der Waals surface area contributed by atoms with Gasteiger partial charge < -0.3 is 15.2 Å². The molecule has 0 saturated heterocycles. The summed E-state index contributed by atoms with van der Waals surface area (Å²) in [5.74, 6) is 0.674. The van der Waals surface area contributed by atoms with Crippen LogP contribution in [0.5, 0.6) is 0 Å².